The quantitative estimate of drug-likeness (QED) is 0.686. The highest BCUT2D eigenvalue weighted by atomic mass is 16.3. The average molecular weight is 179 g/mol. The van der Waals surface area contributed by atoms with Crippen molar-refractivity contribution in [3.63, 3.8) is 0 Å². The van der Waals surface area contributed by atoms with Crippen LogP contribution in [0.4, 0.5) is 0 Å². The van der Waals surface area contributed by atoms with Crippen LogP contribution < -0.4 is 5.32 Å². The molecule has 0 radical (unpaired) electrons. The molecule has 13 heavy (non-hydrogen) atoms. The first kappa shape index (κ1) is 10.2. The minimum Gasteiger partial charge on any atom is -0.391 e. The number of allylic oxidation sites excluding steroid dienone is 2. The summed E-state index contributed by atoms with van der Waals surface area (Å²) in [6.07, 6.45) is 6.26. The van der Waals surface area contributed by atoms with Crippen molar-refractivity contribution < 1.29 is 5.11 Å². The fourth-order valence-electron chi connectivity index (χ4n) is 1.84. The van der Waals surface area contributed by atoms with Crippen LogP contribution in [-0.4, -0.2) is 24.3 Å². The molecule has 2 N–H and O–H groups in total. The van der Waals surface area contributed by atoms with E-state index in [4.69, 9.17) is 0 Å². The van der Waals surface area contributed by atoms with Gasteiger partial charge in [0.15, 0.2) is 0 Å². The van der Waals surface area contributed by atoms with Gasteiger partial charge in [0.05, 0.1) is 12.1 Å². The highest BCUT2D eigenvalue weighted by Gasteiger charge is 2.29. The summed E-state index contributed by atoms with van der Waals surface area (Å²) < 4.78 is 0. The molecule has 0 saturated heterocycles. The fraction of sp³-hybridized carbons (Fsp3) is 0.455. The van der Waals surface area contributed by atoms with E-state index in [1.165, 1.54) is 5.57 Å². The Labute approximate surface area is 79.7 Å². The second-order valence-corrected chi connectivity index (χ2v) is 3.22. The van der Waals surface area contributed by atoms with Crippen LogP contribution in [0.1, 0.15) is 13.3 Å². The number of aliphatic hydroxyl groups is 1. The first-order chi connectivity index (χ1) is 6.24. The molecule has 0 aliphatic heterocycles. The summed E-state index contributed by atoms with van der Waals surface area (Å²) in [6, 6.07) is 0.0451. The van der Waals surface area contributed by atoms with E-state index in [9.17, 15) is 5.11 Å². The molecule has 1 aliphatic rings. The van der Waals surface area contributed by atoms with Crippen molar-refractivity contribution in [2.24, 2.45) is 0 Å². The summed E-state index contributed by atoms with van der Waals surface area (Å²) in [7, 11) is 1.86. The summed E-state index contributed by atoms with van der Waals surface area (Å²) in [5.41, 5.74) is 2.30. The summed E-state index contributed by atoms with van der Waals surface area (Å²) >= 11 is 0. The second kappa shape index (κ2) is 4.40. The molecule has 0 fully saturated rings. The molecule has 0 aromatic carbocycles. The highest BCUT2D eigenvalue weighted by Crippen LogP contribution is 2.28. The van der Waals surface area contributed by atoms with Gasteiger partial charge in [0.2, 0.25) is 0 Å². The SMILES string of the molecule is C=CC1=C(/C=C\C)CC(O)C1NC. The molecular formula is C11H17NO. The van der Waals surface area contributed by atoms with Crippen LogP contribution in [0, 0.1) is 0 Å². The van der Waals surface area contributed by atoms with Crippen LogP contribution in [0.2, 0.25) is 0 Å². The lowest BCUT2D eigenvalue weighted by molar-refractivity contribution is 0.158. The molecule has 2 atom stereocenters. The Morgan fingerprint density at radius 2 is 2.31 bits per heavy atom. The standard InChI is InChI=1S/C11H17NO/c1-4-6-8-7-10(13)11(12-3)9(8)5-2/h4-6,10-13H,2,7H2,1,3H3/b6-4-. The summed E-state index contributed by atoms with van der Waals surface area (Å²) in [5.74, 6) is 0. The predicted octanol–water partition coefficient (Wildman–Crippen LogP) is 1.40. The Bertz CT molecular complexity index is 253. The van der Waals surface area contributed by atoms with E-state index >= 15 is 0 Å². The summed E-state index contributed by atoms with van der Waals surface area (Å²) in [5, 5.41) is 12.8. The van der Waals surface area contributed by atoms with Gasteiger partial charge in [0.25, 0.3) is 0 Å². The van der Waals surface area contributed by atoms with E-state index in [0.717, 1.165) is 12.0 Å². The monoisotopic (exact) mass is 179 g/mol. The zero-order valence-corrected chi connectivity index (χ0v) is 8.25. The Hall–Kier alpha value is -0.860. The molecule has 0 bridgehead atoms. The molecule has 1 rings (SSSR count). The van der Waals surface area contributed by atoms with E-state index in [1.807, 2.05) is 32.2 Å². The molecule has 0 amide bonds. The number of likely N-dealkylation sites (N-methyl/N-ethyl adjacent to an activating group) is 1. The van der Waals surface area contributed by atoms with Crippen LogP contribution in [0.3, 0.4) is 0 Å². The molecule has 2 unspecified atom stereocenters. The van der Waals surface area contributed by atoms with Gasteiger partial charge in [-0.3, -0.25) is 0 Å². The maximum Gasteiger partial charge on any atom is 0.0775 e. The smallest absolute Gasteiger partial charge is 0.0775 e. The third-order valence-corrected chi connectivity index (χ3v) is 2.42. The molecule has 0 aromatic rings. The van der Waals surface area contributed by atoms with Crippen LogP contribution in [0.25, 0.3) is 0 Å². The molecule has 0 aromatic heterocycles. The normalized spacial score (nSPS) is 28.8. The maximum absolute atomic E-state index is 9.70. The molecule has 0 spiro atoms. The fourth-order valence-corrected chi connectivity index (χ4v) is 1.84. The Morgan fingerprint density at radius 1 is 1.62 bits per heavy atom. The Kier molecular flexibility index (Phi) is 3.46. The molecule has 72 valence electrons. The maximum atomic E-state index is 9.70. The minimum absolute atomic E-state index is 0.0451. The van der Waals surface area contributed by atoms with Gasteiger partial charge < -0.3 is 10.4 Å². The first-order valence-corrected chi connectivity index (χ1v) is 4.58. The Balaban J connectivity index is 2.95. The van der Waals surface area contributed by atoms with Gasteiger partial charge in [-0.2, -0.15) is 0 Å². The van der Waals surface area contributed by atoms with E-state index in [0.29, 0.717) is 0 Å². The number of rotatable bonds is 3. The largest absolute Gasteiger partial charge is 0.391 e. The predicted molar refractivity (Wildman–Crippen MR) is 55.5 cm³/mol. The van der Waals surface area contributed by atoms with Crippen molar-refractivity contribution in [1.29, 1.82) is 0 Å². The van der Waals surface area contributed by atoms with Crippen molar-refractivity contribution in [3.05, 3.63) is 36.0 Å². The van der Waals surface area contributed by atoms with Crippen LogP contribution in [0.5, 0.6) is 0 Å². The second-order valence-electron chi connectivity index (χ2n) is 3.22. The van der Waals surface area contributed by atoms with Crippen molar-refractivity contribution in [1.82, 2.24) is 5.32 Å². The zero-order chi connectivity index (χ0) is 9.84. The van der Waals surface area contributed by atoms with Crippen LogP contribution in [0.15, 0.2) is 36.0 Å². The van der Waals surface area contributed by atoms with Gasteiger partial charge in [-0.1, -0.05) is 24.8 Å². The van der Waals surface area contributed by atoms with Crippen molar-refractivity contribution in [2.45, 2.75) is 25.5 Å². The van der Waals surface area contributed by atoms with E-state index in [-0.39, 0.29) is 12.1 Å². The molecular weight excluding hydrogens is 162 g/mol. The highest BCUT2D eigenvalue weighted by molar-refractivity contribution is 5.42. The minimum atomic E-state index is -0.316. The van der Waals surface area contributed by atoms with Gasteiger partial charge in [0, 0.05) is 6.42 Å². The summed E-state index contributed by atoms with van der Waals surface area (Å²) in [4.78, 5) is 0. The van der Waals surface area contributed by atoms with E-state index in [2.05, 4.69) is 11.9 Å². The number of hydrogen-bond donors (Lipinski definition) is 2. The van der Waals surface area contributed by atoms with Crippen molar-refractivity contribution in [2.75, 3.05) is 7.05 Å². The Morgan fingerprint density at radius 3 is 2.77 bits per heavy atom. The lowest BCUT2D eigenvalue weighted by Crippen LogP contribution is -2.34. The molecule has 0 heterocycles. The topological polar surface area (TPSA) is 32.3 Å². The lowest BCUT2D eigenvalue weighted by Gasteiger charge is -2.15. The molecule has 2 heteroatoms. The van der Waals surface area contributed by atoms with Crippen molar-refractivity contribution >= 4 is 0 Å². The van der Waals surface area contributed by atoms with Crippen LogP contribution in [-0.2, 0) is 0 Å². The van der Waals surface area contributed by atoms with Gasteiger partial charge in [0.1, 0.15) is 0 Å². The molecule has 0 saturated carbocycles. The number of nitrogens with one attached hydrogen (secondary N) is 1. The van der Waals surface area contributed by atoms with Crippen molar-refractivity contribution in [3.8, 4) is 0 Å². The van der Waals surface area contributed by atoms with E-state index < -0.39 is 0 Å². The van der Waals surface area contributed by atoms with Crippen LogP contribution >= 0.6 is 0 Å². The summed E-state index contributed by atoms with van der Waals surface area (Å²) in [6.45, 7) is 5.74. The third-order valence-electron chi connectivity index (χ3n) is 2.42. The third kappa shape index (κ3) is 1.90. The number of aliphatic hydroxyl groups excluding tert-OH is 1. The zero-order valence-electron chi connectivity index (χ0n) is 8.25. The van der Waals surface area contributed by atoms with Gasteiger partial charge in [-0.25, -0.2) is 0 Å². The van der Waals surface area contributed by atoms with Gasteiger partial charge in [-0.05, 0) is 25.1 Å². The van der Waals surface area contributed by atoms with E-state index in [1.54, 1.807) is 0 Å². The average Bonchev–Trinajstić information content (AvgIpc) is 2.41. The lowest BCUT2D eigenvalue weighted by atomic mass is 10.1. The molecule has 1 aliphatic carbocycles. The van der Waals surface area contributed by atoms with Gasteiger partial charge >= 0.3 is 0 Å². The van der Waals surface area contributed by atoms with Gasteiger partial charge in [-0.15, -0.1) is 0 Å². The molecule has 2 nitrogen and oxygen atoms in total. The number of hydrogen-bond acceptors (Lipinski definition) is 2. The first-order valence-electron chi connectivity index (χ1n) is 4.58.